The molecule has 5 nitrogen and oxygen atoms in total. The maximum atomic E-state index is 12.6. The molecule has 0 bridgehead atoms. The molecule has 1 N–H and O–H groups in total. The Morgan fingerprint density at radius 2 is 1.85 bits per heavy atom. The molecule has 0 spiro atoms. The molecular weight excluding hydrogens is 256 g/mol. The second kappa shape index (κ2) is 6.12. The van der Waals surface area contributed by atoms with Crippen LogP contribution in [0.25, 0.3) is 0 Å². The Morgan fingerprint density at radius 3 is 2.35 bits per heavy atom. The standard InChI is InChI=1S/C15H26N2O3/c1-15(2)6-3-4-12(15)14(20)17-10-8-16(9-11-17)7-5-13(18)19/h12H,3-11H2,1-2H3,(H,18,19). The fourth-order valence-electron chi connectivity index (χ4n) is 3.45. The van der Waals surface area contributed by atoms with E-state index < -0.39 is 5.97 Å². The van der Waals surface area contributed by atoms with Crippen LogP contribution in [0.15, 0.2) is 0 Å². The zero-order chi connectivity index (χ0) is 14.8. The lowest BCUT2D eigenvalue weighted by molar-refractivity contribution is -0.141. The molecule has 20 heavy (non-hydrogen) atoms. The van der Waals surface area contributed by atoms with Gasteiger partial charge >= 0.3 is 5.97 Å². The van der Waals surface area contributed by atoms with Crippen molar-refractivity contribution in [2.24, 2.45) is 11.3 Å². The van der Waals surface area contributed by atoms with E-state index in [1.165, 1.54) is 0 Å². The number of hydrogen-bond donors (Lipinski definition) is 1. The van der Waals surface area contributed by atoms with Crippen LogP contribution in [-0.4, -0.2) is 59.5 Å². The normalized spacial score (nSPS) is 26.7. The van der Waals surface area contributed by atoms with E-state index in [0.29, 0.717) is 12.5 Å². The number of hydrogen-bond acceptors (Lipinski definition) is 3. The summed E-state index contributed by atoms with van der Waals surface area (Å²) < 4.78 is 0. The van der Waals surface area contributed by atoms with Crippen molar-refractivity contribution < 1.29 is 14.7 Å². The van der Waals surface area contributed by atoms with Gasteiger partial charge in [-0.3, -0.25) is 14.5 Å². The van der Waals surface area contributed by atoms with Crippen molar-refractivity contribution in [3.8, 4) is 0 Å². The number of nitrogens with zero attached hydrogens (tertiary/aromatic N) is 2. The van der Waals surface area contributed by atoms with Gasteiger partial charge in [0.2, 0.25) is 5.91 Å². The summed E-state index contributed by atoms with van der Waals surface area (Å²) in [6.45, 7) is 8.07. The highest BCUT2D eigenvalue weighted by molar-refractivity contribution is 5.80. The van der Waals surface area contributed by atoms with Crippen LogP contribution in [0.3, 0.4) is 0 Å². The topological polar surface area (TPSA) is 60.9 Å². The lowest BCUT2D eigenvalue weighted by Gasteiger charge is -2.38. The largest absolute Gasteiger partial charge is 0.481 e. The van der Waals surface area contributed by atoms with Gasteiger partial charge in [-0.25, -0.2) is 0 Å². The van der Waals surface area contributed by atoms with E-state index in [-0.39, 0.29) is 17.8 Å². The van der Waals surface area contributed by atoms with E-state index in [9.17, 15) is 9.59 Å². The summed E-state index contributed by atoms with van der Waals surface area (Å²) in [5, 5.41) is 8.69. The van der Waals surface area contributed by atoms with Gasteiger partial charge in [-0.2, -0.15) is 0 Å². The monoisotopic (exact) mass is 282 g/mol. The average molecular weight is 282 g/mol. The number of amides is 1. The first kappa shape index (κ1) is 15.3. The van der Waals surface area contributed by atoms with Crippen LogP contribution >= 0.6 is 0 Å². The van der Waals surface area contributed by atoms with Gasteiger partial charge in [0.15, 0.2) is 0 Å². The Bertz CT molecular complexity index is 373. The van der Waals surface area contributed by atoms with Gasteiger partial charge in [-0.05, 0) is 18.3 Å². The lowest BCUT2D eigenvalue weighted by Crippen LogP contribution is -2.51. The van der Waals surface area contributed by atoms with Crippen LogP contribution in [0.5, 0.6) is 0 Å². The molecule has 1 atom stereocenters. The minimum Gasteiger partial charge on any atom is -0.481 e. The van der Waals surface area contributed by atoms with E-state index in [4.69, 9.17) is 5.11 Å². The van der Waals surface area contributed by atoms with Crippen molar-refractivity contribution >= 4 is 11.9 Å². The molecule has 1 heterocycles. The van der Waals surface area contributed by atoms with Crippen molar-refractivity contribution in [2.45, 2.75) is 39.5 Å². The quantitative estimate of drug-likeness (QED) is 0.847. The van der Waals surface area contributed by atoms with E-state index >= 15 is 0 Å². The molecule has 0 radical (unpaired) electrons. The molecule has 0 aromatic rings. The van der Waals surface area contributed by atoms with E-state index in [1.807, 2.05) is 4.90 Å². The van der Waals surface area contributed by atoms with Gasteiger partial charge in [-0.15, -0.1) is 0 Å². The van der Waals surface area contributed by atoms with Crippen LogP contribution in [-0.2, 0) is 9.59 Å². The van der Waals surface area contributed by atoms with Crippen molar-refractivity contribution in [1.29, 1.82) is 0 Å². The van der Waals surface area contributed by atoms with E-state index in [1.54, 1.807) is 0 Å². The van der Waals surface area contributed by atoms with E-state index in [0.717, 1.165) is 45.4 Å². The fourth-order valence-corrected chi connectivity index (χ4v) is 3.45. The van der Waals surface area contributed by atoms with Crippen LogP contribution < -0.4 is 0 Å². The van der Waals surface area contributed by atoms with Crippen molar-refractivity contribution in [3.05, 3.63) is 0 Å². The van der Waals surface area contributed by atoms with Gasteiger partial charge in [0, 0.05) is 38.6 Å². The number of carbonyl (C=O) groups excluding carboxylic acids is 1. The molecule has 114 valence electrons. The highest BCUT2D eigenvalue weighted by Gasteiger charge is 2.41. The molecule has 2 rings (SSSR count). The molecule has 1 aliphatic carbocycles. The second-order valence-electron chi connectivity index (χ2n) is 6.74. The van der Waals surface area contributed by atoms with Gasteiger partial charge in [-0.1, -0.05) is 20.3 Å². The number of rotatable bonds is 4. The van der Waals surface area contributed by atoms with Gasteiger partial charge in [0.25, 0.3) is 0 Å². The molecule has 1 saturated carbocycles. The summed E-state index contributed by atoms with van der Waals surface area (Å²) in [4.78, 5) is 27.3. The molecule has 2 fully saturated rings. The molecule has 0 aromatic carbocycles. The molecule has 1 saturated heterocycles. The van der Waals surface area contributed by atoms with Crippen LogP contribution in [0.1, 0.15) is 39.5 Å². The summed E-state index contributed by atoms with van der Waals surface area (Å²) >= 11 is 0. The number of carboxylic acids is 1. The third kappa shape index (κ3) is 3.51. The molecule has 1 aliphatic heterocycles. The molecular formula is C15H26N2O3. The van der Waals surface area contributed by atoms with Crippen molar-refractivity contribution in [1.82, 2.24) is 9.80 Å². The summed E-state index contributed by atoms with van der Waals surface area (Å²) in [5.41, 5.74) is 0.136. The zero-order valence-electron chi connectivity index (χ0n) is 12.6. The Morgan fingerprint density at radius 1 is 1.20 bits per heavy atom. The van der Waals surface area contributed by atoms with Crippen molar-refractivity contribution in [2.75, 3.05) is 32.7 Å². The first-order valence-corrected chi connectivity index (χ1v) is 7.63. The minimum absolute atomic E-state index is 0.136. The molecule has 2 aliphatic rings. The third-order valence-corrected chi connectivity index (χ3v) is 4.88. The summed E-state index contributed by atoms with van der Waals surface area (Å²) in [5.74, 6) is -0.269. The Labute approximate surface area is 120 Å². The highest BCUT2D eigenvalue weighted by Crippen LogP contribution is 2.43. The smallest absolute Gasteiger partial charge is 0.304 e. The Kier molecular flexibility index (Phi) is 4.68. The first-order chi connectivity index (χ1) is 9.40. The maximum absolute atomic E-state index is 12.6. The molecule has 5 heteroatoms. The van der Waals surface area contributed by atoms with Gasteiger partial charge < -0.3 is 10.0 Å². The first-order valence-electron chi connectivity index (χ1n) is 7.63. The van der Waals surface area contributed by atoms with Crippen LogP contribution in [0, 0.1) is 11.3 Å². The predicted molar refractivity (Wildman–Crippen MR) is 76.4 cm³/mol. The van der Waals surface area contributed by atoms with Gasteiger partial charge in [0.05, 0.1) is 6.42 Å². The summed E-state index contributed by atoms with van der Waals surface area (Å²) in [7, 11) is 0. The van der Waals surface area contributed by atoms with E-state index in [2.05, 4.69) is 18.7 Å². The minimum atomic E-state index is -0.754. The Hall–Kier alpha value is -1.10. The number of piperazine rings is 1. The van der Waals surface area contributed by atoms with Crippen LogP contribution in [0.2, 0.25) is 0 Å². The average Bonchev–Trinajstić information content (AvgIpc) is 2.76. The zero-order valence-corrected chi connectivity index (χ0v) is 12.6. The van der Waals surface area contributed by atoms with Crippen molar-refractivity contribution in [3.63, 3.8) is 0 Å². The molecule has 0 aromatic heterocycles. The van der Waals surface area contributed by atoms with Gasteiger partial charge in [0.1, 0.15) is 0 Å². The molecule has 1 amide bonds. The number of aliphatic carboxylic acids is 1. The Balaban J connectivity index is 1.81. The lowest BCUT2D eigenvalue weighted by atomic mass is 9.81. The van der Waals surface area contributed by atoms with Crippen LogP contribution in [0.4, 0.5) is 0 Å². The number of carboxylic acid groups (broad SMARTS) is 1. The highest BCUT2D eigenvalue weighted by atomic mass is 16.4. The molecule has 1 unspecified atom stereocenters. The predicted octanol–water partition coefficient (Wildman–Crippen LogP) is 1.43. The fraction of sp³-hybridized carbons (Fsp3) is 0.867. The third-order valence-electron chi connectivity index (χ3n) is 4.88. The second-order valence-corrected chi connectivity index (χ2v) is 6.74. The SMILES string of the molecule is CC1(C)CCCC1C(=O)N1CCN(CCC(=O)O)CC1. The number of carbonyl (C=O) groups is 2. The summed E-state index contributed by atoms with van der Waals surface area (Å²) in [6.07, 6.45) is 3.50. The summed E-state index contributed by atoms with van der Waals surface area (Å²) in [6, 6.07) is 0. The maximum Gasteiger partial charge on any atom is 0.304 e.